The van der Waals surface area contributed by atoms with Crippen molar-refractivity contribution in [2.45, 2.75) is 12.1 Å². The molecule has 0 fully saturated rings. The van der Waals surface area contributed by atoms with Gasteiger partial charge in [0, 0.05) is 11.6 Å². The van der Waals surface area contributed by atoms with Crippen LogP contribution in [0, 0.1) is 0 Å². The van der Waals surface area contributed by atoms with E-state index < -0.39 is 12.1 Å². The molecule has 1 amide bonds. The molecule has 0 aliphatic carbocycles. The zero-order valence-corrected chi connectivity index (χ0v) is 12.2. The third-order valence-electron chi connectivity index (χ3n) is 3.95. The molecule has 0 spiro atoms. The molecule has 5 heteroatoms. The fraction of sp³-hybridized carbons (Fsp3) is 0.111. The molecule has 2 aliphatic rings. The van der Waals surface area contributed by atoms with Gasteiger partial charge >= 0.3 is 0 Å². The lowest BCUT2D eigenvalue weighted by Crippen LogP contribution is -2.49. The van der Waals surface area contributed by atoms with Crippen LogP contribution in [-0.2, 0) is 14.3 Å². The van der Waals surface area contributed by atoms with Crippen LogP contribution in [0.5, 0.6) is 0 Å². The fourth-order valence-electron chi connectivity index (χ4n) is 2.80. The fourth-order valence-corrected chi connectivity index (χ4v) is 2.80. The Bertz CT molecular complexity index is 814. The van der Waals surface area contributed by atoms with Crippen LogP contribution in [0.25, 0.3) is 5.76 Å². The van der Waals surface area contributed by atoms with E-state index in [2.05, 4.69) is 10.6 Å². The first-order valence-electron chi connectivity index (χ1n) is 7.36. The van der Waals surface area contributed by atoms with Crippen LogP contribution in [0.3, 0.4) is 0 Å². The molecule has 0 unspecified atom stereocenters. The van der Waals surface area contributed by atoms with Gasteiger partial charge in [0.05, 0.1) is 11.4 Å². The maximum absolute atomic E-state index is 12.3. The SMILES string of the molecule is O=C1Nc2ccccc2N[C@@H]1[C@H]1OC(c2ccccc2)=CC1=O. The highest BCUT2D eigenvalue weighted by molar-refractivity contribution is 6.10. The molecule has 23 heavy (non-hydrogen) atoms. The molecule has 2 N–H and O–H groups in total. The Hall–Kier alpha value is -3.08. The number of ether oxygens (including phenoxy) is 1. The Balaban J connectivity index is 1.58. The molecule has 0 saturated heterocycles. The van der Waals surface area contributed by atoms with E-state index >= 15 is 0 Å². The van der Waals surface area contributed by atoms with Crippen molar-refractivity contribution < 1.29 is 14.3 Å². The summed E-state index contributed by atoms with van der Waals surface area (Å²) < 4.78 is 5.77. The standard InChI is InChI=1S/C18H14N2O3/c21-14-10-15(11-6-2-1-3-7-11)23-17(14)16-18(22)20-13-9-5-4-8-12(13)19-16/h1-10,16-17,19H,(H,20,22)/t16-,17+/m1/s1. The predicted octanol–water partition coefficient (Wildman–Crippen LogP) is 2.43. The maximum atomic E-state index is 12.3. The van der Waals surface area contributed by atoms with Gasteiger partial charge in [-0.05, 0) is 12.1 Å². The van der Waals surface area contributed by atoms with Gasteiger partial charge in [-0.2, -0.15) is 0 Å². The van der Waals surface area contributed by atoms with Gasteiger partial charge in [-0.1, -0.05) is 42.5 Å². The summed E-state index contributed by atoms with van der Waals surface area (Å²) in [6.07, 6.45) is 0.591. The monoisotopic (exact) mass is 306 g/mol. The highest BCUT2D eigenvalue weighted by Crippen LogP contribution is 2.31. The zero-order valence-electron chi connectivity index (χ0n) is 12.2. The molecule has 2 aliphatic heterocycles. The number of fused-ring (bicyclic) bond motifs is 1. The van der Waals surface area contributed by atoms with E-state index in [0.717, 1.165) is 11.3 Å². The summed E-state index contributed by atoms with van der Waals surface area (Å²) in [5.74, 6) is 0.00899. The number of benzene rings is 2. The quantitative estimate of drug-likeness (QED) is 0.894. The Labute approximate surface area is 133 Å². The smallest absolute Gasteiger partial charge is 0.251 e. The number of hydrogen-bond donors (Lipinski definition) is 2. The van der Waals surface area contributed by atoms with Crippen molar-refractivity contribution in [2.75, 3.05) is 10.6 Å². The molecule has 2 aromatic rings. The molecule has 114 valence electrons. The molecule has 0 bridgehead atoms. The molecule has 0 aromatic heterocycles. The van der Waals surface area contributed by atoms with Crippen LogP contribution in [0.2, 0.25) is 0 Å². The van der Waals surface area contributed by atoms with Crippen LogP contribution in [0.15, 0.2) is 60.7 Å². The van der Waals surface area contributed by atoms with Crippen molar-refractivity contribution in [3.05, 3.63) is 66.2 Å². The number of carbonyl (C=O) groups excluding carboxylic acids is 2. The first kappa shape index (κ1) is 13.6. The summed E-state index contributed by atoms with van der Waals surface area (Å²) in [7, 11) is 0. The van der Waals surface area contributed by atoms with Gasteiger partial charge in [0.2, 0.25) is 5.78 Å². The normalized spacial score (nSPS) is 22.5. The Morgan fingerprint density at radius 3 is 2.35 bits per heavy atom. The molecule has 0 radical (unpaired) electrons. The molecule has 4 rings (SSSR count). The van der Waals surface area contributed by atoms with Crippen molar-refractivity contribution in [2.24, 2.45) is 0 Å². The number of carbonyl (C=O) groups is 2. The van der Waals surface area contributed by atoms with E-state index in [9.17, 15) is 9.59 Å². The number of nitrogens with one attached hydrogen (secondary N) is 2. The van der Waals surface area contributed by atoms with E-state index in [1.807, 2.05) is 48.5 Å². The molecule has 0 saturated carbocycles. The minimum absolute atomic E-state index is 0.212. The summed E-state index contributed by atoms with van der Waals surface area (Å²) in [4.78, 5) is 24.6. The van der Waals surface area contributed by atoms with Gasteiger partial charge in [0.25, 0.3) is 5.91 Å². The van der Waals surface area contributed by atoms with Crippen molar-refractivity contribution in [1.29, 1.82) is 0 Å². The van der Waals surface area contributed by atoms with Crippen LogP contribution in [0.4, 0.5) is 11.4 Å². The molecule has 2 atom stereocenters. The first-order chi connectivity index (χ1) is 11.2. The number of para-hydroxylation sites is 2. The summed E-state index contributed by atoms with van der Waals surface area (Å²) in [6, 6.07) is 16.0. The average Bonchev–Trinajstić information content (AvgIpc) is 2.97. The predicted molar refractivity (Wildman–Crippen MR) is 86.8 cm³/mol. The van der Waals surface area contributed by atoms with E-state index in [-0.39, 0.29) is 11.7 Å². The lowest BCUT2D eigenvalue weighted by atomic mass is 10.0. The van der Waals surface area contributed by atoms with Crippen molar-refractivity contribution >= 4 is 28.8 Å². The largest absolute Gasteiger partial charge is 0.479 e. The third kappa shape index (κ3) is 2.36. The molecule has 2 aromatic carbocycles. The number of ketones is 1. The van der Waals surface area contributed by atoms with Crippen molar-refractivity contribution in [3.63, 3.8) is 0 Å². The topological polar surface area (TPSA) is 67.4 Å². The van der Waals surface area contributed by atoms with Gasteiger partial charge in [0.1, 0.15) is 5.76 Å². The van der Waals surface area contributed by atoms with Gasteiger partial charge in [-0.25, -0.2) is 0 Å². The summed E-state index contributed by atoms with van der Waals surface area (Å²) in [6.45, 7) is 0. The van der Waals surface area contributed by atoms with E-state index in [0.29, 0.717) is 11.4 Å². The van der Waals surface area contributed by atoms with Crippen LogP contribution in [0.1, 0.15) is 5.56 Å². The van der Waals surface area contributed by atoms with Crippen LogP contribution in [-0.4, -0.2) is 23.8 Å². The minimum Gasteiger partial charge on any atom is -0.479 e. The highest BCUT2D eigenvalue weighted by Gasteiger charge is 2.41. The lowest BCUT2D eigenvalue weighted by molar-refractivity contribution is -0.127. The van der Waals surface area contributed by atoms with Gasteiger partial charge in [-0.15, -0.1) is 0 Å². The number of anilines is 2. The van der Waals surface area contributed by atoms with Gasteiger partial charge in [-0.3, -0.25) is 9.59 Å². The number of amides is 1. The molecule has 5 nitrogen and oxygen atoms in total. The zero-order chi connectivity index (χ0) is 15.8. The first-order valence-corrected chi connectivity index (χ1v) is 7.36. The summed E-state index contributed by atoms with van der Waals surface area (Å²) in [5.41, 5.74) is 2.30. The molecular weight excluding hydrogens is 292 g/mol. The van der Waals surface area contributed by atoms with Crippen LogP contribution < -0.4 is 10.6 Å². The molecule has 2 heterocycles. The average molecular weight is 306 g/mol. The Morgan fingerprint density at radius 2 is 1.57 bits per heavy atom. The second kappa shape index (κ2) is 5.28. The highest BCUT2D eigenvalue weighted by atomic mass is 16.5. The third-order valence-corrected chi connectivity index (χ3v) is 3.95. The summed E-state index contributed by atoms with van der Waals surface area (Å²) >= 11 is 0. The lowest BCUT2D eigenvalue weighted by Gasteiger charge is -2.29. The Morgan fingerprint density at radius 1 is 0.870 bits per heavy atom. The van der Waals surface area contributed by atoms with E-state index in [1.165, 1.54) is 6.08 Å². The second-order valence-corrected chi connectivity index (χ2v) is 5.47. The van der Waals surface area contributed by atoms with Gasteiger partial charge in [0.15, 0.2) is 12.1 Å². The second-order valence-electron chi connectivity index (χ2n) is 5.47. The Kier molecular flexibility index (Phi) is 3.12. The van der Waals surface area contributed by atoms with E-state index in [1.54, 1.807) is 6.07 Å². The van der Waals surface area contributed by atoms with Gasteiger partial charge < -0.3 is 15.4 Å². The summed E-state index contributed by atoms with van der Waals surface area (Å²) in [5, 5.41) is 5.91. The van der Waals surface area contributed by atoms with E-state index in [4.69, 9.17) is 4.74 Å². The number of rotatable bonds is 2. The minimum atomic E-state index is -0.862. The number of hydrogen-bond acceptors (Lipinski definition) is 4. The van der Waals surface area contributed by atoms with Crippen molar-refractivity contribution in [3.8, 4) is 0 Å². The van der Waals surface area contributed by atoms with Crippen molar-refractivity contribution in [1.82, 2.24) is 0 Å². The molecular formula is C18H14N2O3. The maximum Gasteiger partial charge on any atom is 0.251 e. The van der Waals surface area contributed by atoms with Crippen LogP contribution >= 0.6 is 0 Å².